The highest BCUT2D eigenvalue weighted by atomic mass is 16.6. The van der Waals surface area contributed by atoms with Gasteiger partial charge in [0.05, 0.1) is 4.92 Å². The Bertz CT molecular complexity index is 557. The molecule has 1 unspecified atom stereocenters. The van der Waals surface area contributed by atoms with Crippen LogP contribution in [0.15, 0.2) is 35.2 Å². The Labute approximate surface area is 116 Å². The van der Waals surface area contributed by atoms with Crippen LogP contribution in [0, 0.1) is 10.1 Å². The largest absolute Gasteiger partial charge is 0.343 e. The van der Waals surface area contributed by atoms with Crippen LogP contribution >= 0.6 is 0 Å². The average molecular weight is 276 g/mol. The minimum Gasteiger partial charge on any atom is -0.343 e. The van der Waals surface area contributed by atoms with E-state index in [0.29, 0.717) is 18.8 Å². The maximum atomic E-state index is 10.8. The van der Waals surface area contributed by atoms with E-state index in [2.05, 4.69) is 20.0 Å². The summed E-state index contributed by atoms with van der Waals surface area (Å²) in [6, 6.07) is 6.77. The number of aromatic nitrogens is 2. The molecule has 106 valence electrons. The highest BCUT2D eigenvalue weighted by molar-refractivity contribution is 5.35. The fraction of sp³-hybridized carbons (Fsp3) is 0.385. The number of nitro groups is 1. The molecule has 0 amide bonds. The van der Waals surface area contributed by atoms with Crippen molar-refractivity contribution in [2.45, 2.75) is 25.8 Å². The molecule has 0 aliphatic carbocycles. The summed E-state index contributed by atoms with van der Waals surface area (Å²) in [5, 5.41) is 17.9. The lowest BCUT2D eigenvalue weighted by Crippen LogP contribution is -2.23. The van der Waals surface area contributed by atoms with E-state index in [0.717, 1.165) is 12.0 Å². The van der Waals surface area contributed by atoms with Crippen LogP contribution in [0.4, 0.5) is 5.69 Å². The van der Waals surface area contributed by atoms with E-state index in [1.165, 1.54) is 12.5 Å². The summed E-state index contributed by atoms with van der Waals surface area (Å²) in [6.45, 7) is 2.71. The molecular formula is C13H16N4O3. The first-order chi connectivity index (χ1) is 9.70. The molecular weight excluding hydrogens is 260 g/mol. The van der Waals surface area contributed by atoms with Crippen molar-refractivity contribution in [2.75, 3.05) is 6.54 Å². The molecule has 1 aromatic carbocycles. The maximum Gasteiger partial charge on any atom is 0.269 e. The van der Waals surface area contributed by atoms with Gasteiger partial charge in [0.15, 0.2) is 5.82 Å². The number of nitrogens with zero attached hydrogens (tertiary/aromatic N) is 3. The molecule has 2 aromatic rings. The standard InChI is InChI=1S/C13H16N4O3/c1-2-12(14-7-6-13-15-9-20-16-13)10-4-3-5-11(8-10)17(18)19/h3-5,8-9,12,14H,2,6-7H2,1H3. The topological polar surface area (TPSA) is 94.1 Å². The van der Waals surface area contributed by atoms with Crippen LogP contribution in [0.3, 0.4) is 0 Å². The lowest BCUT2D eigenvalue weighted by molar-refractivity contribution is -0.384. The lowest BCUT2D eigenvalue weighted by Gasteiger charge is -2.16. The summed E-state index contributed by atoms with van der Waals surface area (Å²) < 4.78 is 4.66. The SMILES string of the molecule is CCC(NCCc1ncon1)c1cccc([N+](=O)[O-])c1. The zero-order valence-corrected chi connectivity index (χ0v) is 11.2. The summed E-state index contributed by atoms with van der Waals surface area (Å²) in [5.74, 6) is 0.645. The summed E-state index contributed by atoms with van der Waals surface area (Å²) in [5.41, 5.74) is 1.02. The molecule has 0 saturated carbocycles. The van der Waals surface area contributed by atoms with E-state index in [1.807, 2.05) is 13.0 Å². The third-order valence-electron chi connectivity index (χ3n) is 3.04. The van der Waals surface area contributed by atoms with E-state index in [9.17, 15) is 10.1 Å². The molecule has 0 aliphatic heterocycles. The second kappa shape index (κ2) is 6.76. The predicted octanol–water partition coefficient (Wildman–Crippen LogP) is 2.26. The van der Waals surface area contributed by atoms with Gasteiger partial charge in [-0.05, 0) is 12.0 Å². The number of benzene rings is 1. The maximum absolute atomic E-state index is 10.8. The highest BCUT2D eigenvalue weighted by Crippen LogP contribution is 2.21. The highest BCUT2D eigenvalue weighted by Gasteiger charge is 2.13. The molecule has 1 N–H and O–H groups in total. The first-order valence-corrected chi connectivity index (χ1v) is 6.43. The molecule has 1 atom stereocenters. The number of non-ortho nitro benzene ring substituents is 1. The third kappa shape index (κ3) is 3.61. The Morgan fingerprint density at radius 3 is 3.00 bits per heavy atom. The molecule has 0 bridgehead atoms. The molecule has 0 aliphatic rings. The summed E-state index contributed by atoms with van der Waals surface area (Å²) >= 11 is 0. The van der Waals surface area contributed by atoms with Gasteiger partial charge in [-0.2, -0.15) is 4.98 Å². The Morgan fingerprint density at radius 2 is 2.35 bits per heavy atom. The summed E-state index contributed by atoms with van der Waals surface area (Å²) in [7, 11) is 0. The molecule has 0 fully saturated rings. The molecule has 20 heavy (non-hydrogen) atoms. The van der Waals surface area contributed by atoms with Gasteiger partial charge in [0.25, 0.3) is 5.69 Å². The minimum atomic E-state index is -0.379. The molecule has 0 radical (unpaired) electrons. The van der Waals surface area contributed by atoms with Crippen LogP contribution in [0.5, 0.6) is 0 Å². The normalized spacial score (nSPS) is 12.2. The van der Waals surface area contributed by atoms with Gasteiger partial charge in [-0.1, -0.05) is 24.2 Å². The first-order valence-electron chi connectivity index (χ1n) is 6.43. The molecule has 2 rings (SSSR count). The molecule has 7 nitrogen and oxygen atoms in total. The van der Waals surface area contributed by atoms with E-state index < -0.39 is 0 Å². The second-order valence-corrected chi connectivity index (χ2v) is 4.36. The van der Waals surface area contributed by atoms with Crippen molar-refractivity contribution in [1.29, 1.82) is 0 Å². The Hall–Kier alpha value is -2.28. The monoisotopic (exact) mass is 276 g/mol. The molecule has 0 saturated heterocycles. The predicted molar refractivity (Wildman–Crippen MR) is 72.1 cm³/mol. The van der Waals surface area contributed by atoms with Crippen molar-refractivity contribution in [3.63, 3.8) is 0 Å². The summed E-state index contributed by atoms with van der Waals surface area (Å²) in [4.78, 5) is 14.4. The zero-order chi connectivity index (χ0) is 14.4. The van der Waals surface area contributed by atoms with Gasteiger partial charge in [0.2, 0.25) is 6.39 Å². The molecule has 1 heterocycles. The molecule has 0 spiro atoms. The zero-order valence-electron chi connectivity index (χ0n) is 11.2. The van der Waals surface area contributed by atoms with Crippen molar-refractivity contribution in [1.82, 2.24) is 15.5 Å². The number of nitrogens with one attached hydrogen (secondary N) is 1. The summed E-state index contributed by atoms with van der Waals surface area (Å²) in [6.07, 6.45) is 2.79. The van der Waals surface area contributed by atoms with Crippen molar-refractivity contribution in [3.8, 4) is 0 Å². The minimum absolute atomic E-state index is 0.0711. The number of hydrogen-bond donors (Lipinski definition) is 1. The Kier molecular flexibility index (Phi) is 4.78. The van der Waals surface area contributed by atoms with Crippen LogP contribution in [0.2, 0.25) is 0 Å². The van der Waals surface area contributed by atoms with Crippen LogP contribution in [-0.4, -0.2) is 21.6 Å². The van der Waals surface area contributed by atoms with Crippen molar-refractivity contribution in [2.24, 2.45) is 0 Å². The molecule has 7 heteroatoms. The smallest absolute Gasteiger partial charge is 0.269 e. The van der Waals surface area contributed by atoms with Crippen molar-refractivity contribution < 1.29 is 9.45 Å². The van der Waals surface area contributed by atoms with E-state index in [4.69, 9.17) is 0 Å². The quantitative estimate of drug-likeness (QED) is 0.615. The Balaban J connectivity index is 1.97. The van der Waals surface area contributed by atoms with Gasteiger partial charge in [-0.25, -0.2) is 0 Å². The van der Waals surface area contributed by atoms with Gasteiger partial charge >= 0.3 is 0 Å². The van der Waals surface area contributed by atoms with Crippen molar-refractivity contribution >= 4 is 5.69 Å². The van der Waals surface area contributed by atoms with Gasteiger partial charge < -0.3 is 9.84 Å². The first kappa shape index (κ1) is 14.1. The van der Waals surface area contributed by atoms with E-state index >= 15 is 0 Å². The molecule has 1 aromatic heterocycles. The second-order valence-electron chi connectivity index (χ2n) is 4.36. The van der Waals surface area contributed by atoms with Crippen LogP contribution in [0.25, 0.3) is 0 Å². The number of nitro benzene ring substituents is 1. The van der Waals surface area contributed by atoms with Crippen molar-refractivity contribution in [3.05, 3.63) is 52.2 Å². The van der Waals surface area contributed by atoms with Crippen LogP contribution < -0.4 is 5.32 Å². The lowest BCUT2D eigenvalue weighted by atomic mass is 10.0. The van der Waals surface area contributed by atoms with Crippen LogP contribution in [0.1, 0.15) is 30.8 Å². The van der Waals surface area contributed by atoms with Crippen LogP contribution in [-0.2, 0) is 6.42 Å². The van der Waals surface area contributed by atoms with Gasteiger partial charge in [-0.3, -0.25) is 10.1 Å². The van der Waals surface area contributed by atoms with Gasteiger partial charge in [-0.15, -0.1) is 0 Å². The fourth-order valence-corrected chi connectivity index (χ4v) is 2.01. The Morgan fingerprint density at radius 1 is 1.50 bits per heavy atom. The third-order valence-corrected chi connectivity index (χ3v) is 3.04. The van der Waals surface area contributed by atoms with Gasteiger partial charge in [0.1, 0.15) is 0 Å². The fourth-order valence-electron chi connectivity index (χ4n) is 2.01. The van der Waals surface area contributed by atoms with E-state index in [1.54, 1.807) is 12.1 Å². The van der Waals surface area contributed by atoms with E-state index in [-0.39, 0.29) is 16.7 Å². The number of rotatable bonds is 7. The van der Waals surface area contributed by atoms with Gasteiger partial charge in [0, 0.05) is 31.1 Å². The number of hydrogen-bond acceptors (Lipinski definition) is 6. The average Bonchev–Trinajstić information content (AvgIpc) is 2.97.